The zero-order chi connectivity index (χ0) is 13.5. The zero-order valence-corrected chi connectivity index (χ0v) is 11.6. The van der Waals surface area contributed by atoms with Gasteiger partial charge in [-0.25, -0.2) is 4.68 Å². The van der Waals surface area contributed by atoms with Gasteiger partial charge in [-0.05, 0) is 20.8 Å². The molecule has 98 valence electrons. The van der Waals surface area contributed by atoms with Crippen molar-refractivity contribution in [1.82, 2.24) is 24.8 Å². The van der Waals surface area contributed by atoms with Crippen LogP contribution in [0.3, 0.4) is 0 Å². The fraction of sp³-hybridized carbons (Fsp3) is 0.545. The molecule has 0 saturated carbocycles. The highest BCUT2D eigenvalue weighted by atomic mass is 35.5. The smallest absolute Gasteiger partial charge is 0.132 e. The number of hydrogen-bond donors (Lipinski definition) is 1. The Morgan fingerprint density at radius 2 is 2.11 bits per heavy atom. The highest BCUT2D eigenvalue weighted by Crippen LogP contribution is 2.21. The van der Waals surface area contributed by atoms with Gasteiger partial charge in [0.2, 0.25) is 0 Å². The minimum Gasteiger partial charge on any atom is -0.384 e. The molecule has 2 aromatic heterocycles. The first-order valence-corrected chi connectivity index (χ1v) is 5.98. The third kappa shape index (κ3) is 2.39. The molecule has 0 bridgehead atoms. The van der Waals surface area contributed by atoms with Crippen LogP contribution >= 0.6 is 11.6 Å². The lowest BCUT2D eigenvalue weighted by Crippen LogP contribution is -2.15. The maximum Gasteiger partial charge on any atom is 0.132 e. The highest BCUT2D eigenvalue weighted by Gasteiger charge is 2.21. The monoisotopic (exact) mass is 269 g/mol. The van der Waals surface area contributed by atoms with Crippen LogP contribution in [-0.2, 0) is 19.2 Å². The van der Waals surface area contributed by atoms with E-state index in [2.05, 4.69) is 15.4 Å². The van der Waals surface area contributed by atoms with Gasteiger partial charge in [-0.15, -0.1) is 5.10 Å². The van der Waals surface area contributed by atoms with Crippen molar-refractivity contribution < 1.29 is 5.11 Å². The first-order chi connectivity index (χ1) is 8.29. The first-order valence-electron chi connectivity index (χ1n) is 5.60. The van der Waals surface area contributed by atoms with Gasteiger partial charge in [0.05, 0.1) is 18.4 Å². The van der Waals surface area contributed by atoms with Crippen LogP contribution in [0.5, 0.6) is 0 Å². The van der Waals surface area contributed by atoms with Gasteiger partial charge < -0.3 is 5.11 Å². The SMILES string of the molecule is Cc1nn(C)c(Cl)c1Cn1cc(C(C)(C)O)nn1. The lowest BCUT2D eigenvalue weighted by Gasteiger charge is -2.11. The quantitative estimate of drug-likeness (QED) is 0.911. The molecule has 6 nitrogen and oxygen atoms in total. The van der Waals surface area contributed by atoms with Crippen LogP contribution in [0.1, 0.15) is 30.8 Å². The second-order valence-electron chi connectivity index (χ2n) is 4.84. The van der Waals surface area contributed by atoms with Crippen molar-refractivity contribution in [2.45, 2.75) is 32.9 Å². The van der Waals surface area contributed by atoms with Crippen LogP contribution in [0, 0.1) is 6.92 Å². The molecule has 18 heavy (non-hydrogen) atoms. The minimum atomic E-state index is -0.994. The van der Waals surface area contributed by atoms with Gasteiger partial charge >= 0.3 is 0 Å². The van der Waals surface area contributed by atoms with E-state index in [9.17, 15) is 5.11 Å². The van der Waals surface area contributed by atoms with E-state index in [4.69, 9.17) is 11.6 Å². The summed E-state index contributed by atoms with van der Waals surface area (Å²) < 4.78 is 3.27. The molecule has 0 aromatic carbocycles. The Hall–Kier alpha value is -1.40. The topological polar surface area (TPSA) is 68.8 Å². The number of aromatic nitrogens is 5. The van der Waals surface area contributed by atoms with E-state index >= 15 is 0 Å². The van der Waals surface area contributed by atoms with E-state index in [1.807, 2.05) is 6.92 Å². The van der Waals surface area contributed by atoms with Crippen molar-refractivity contribution in [2.24, 2.45) is 7.05 Å². The van der Waals surface area contributed by atoms with Crippen LogP contribution in [-0.4, -0.2) is 29.9 Å². The van der Waals surface area contributed by atoms with Gasteiger partial charge in [-0.1, -0.05) is 16.8 Å². The van der Waals surface area contributed by atoms with Gasteiger partial charge in [-0.2, -0.15) is 5.10 Å². The van der Waals surface area contributed by atoms with Gasteiger partial charge in [0.15, 0.2) is 0 Å². The Balaban J connectivity index is 2.27. The van der Waals surface area contributed by atoms with E-state index in [0.29, 0.717) is 17.4 Å². The van der Waals surface area contributed by atoms with Crippen molar-refractivity contribution in [3.63, 3.8) is 0 Å². The van der Waals surface area contributed by atoms with Crippen LogP contribution in [0.15, 0.2) is 6.20 Å². The van der Waals surface area contributed by atoms with Gasteiger partial charge in [0.25, 0.3) is 0 Å². The molecule has 2 rings (SSSR count). The fourth-order valence-corrected chi connectivity index (χ4v) is 1.91. The maximum atomic E-state index is 9.82. The number of hydrogen-bond acceptors (Lipinski definition) is 4. The van der Waals surface area contributed by atoms with Crippen molar-refractivity contribution in [3.8, 4) is 0 Å². The molecular weight excluding hydrogens is 254 g/mol. The molecule has 2 aromatic rings. The summed E-state index contributed by atoms with van der Waals surface area (Å²) in [7, 11) is 1.79. The predicted octanol–water partition coefficient (Wildman–Crippen LogP) is 1.25. The maximum absolute atomic E-state index is 9.82. The largest absolute Gasteiger partial charge is 0.384 e. The van der Waals surface area contributed by atoms with E-state index in [0.717, 1.165) is 11.3 Å². The normalized spacial score (nSPS) is 12.1. The third-order valence-corrected chi connectivity index (χ3v) is 3.23. The summed E-state index contributed by atoms with van der Waals surface area (Å²) in [5.41, 5.74) is 1.31. The standard InChI is InChI=1S/C11H16ClN5O/c1-7-8(10(12)16(4)14-7)5-17-6-9(13-15-17)11(2,3)18/h6,18H,5H2,1-4H3. The van der Waals surface area contributed by atoms with E-state index < -0.39 is 5.60 Å². The van der Waals surface area contributed by atoms with Crippen LogP contribution in [0.2, 0.25) is 5.15 Å². The Morgan fingerprint density at radius 1 is 1.44 bits per heavy atom. The zero-order valence-electron chi connectivity index (χ0n) is 10.8. The number of nitrogens with zero attached hydrogens (tertiary/aromatic N) is 5. The molecule has 0 aliphatic heterocycles. The summed E-state index contributed by atoms with van der Waals surface area (Å²) in [4.78, 5) is 0. The van der Waals surface area contributed by atoms with Crippen LogP contribution < -0.4 is 0 Å². The average Bonchev–Trinajstić information content (AvgIpc) is 2.80. The molecule has 1 N–H and O–H groups in total. The van der Waals surface area contributed by atoms with Crippen LogP contribution in [0.4, 0.5) is 0 Å². The number of aryl methyl sites for hydroxylation is 2. The molecule has 0 amide bonds. The molecule has 0 unspecified atom stereocenters. The van der Waals surface area contributed by atoms with E-state index in [1.54, 1.807) is 36.5 Å². The highest BCUT2D eigenvalue weighted by molar-refractivity contribution is 6.30. The number of rotatable bonds is 3. The molecule has 2 heterocycles. The Bertz CT molecular complexity index is 566. The van der Waals surface area contributed by atoms with Crippen molar-refractivity contribution in [2.75, 3.05) is 0 Å². The third-order valence-electron chi connectivity index (χ3n) is 2.76. The average molecular weight is 270 g/mol. The second-order valence-corrected chi connectivity index (χ2v) is 5.20. The van der Waals surface area contributed by atoms with Gasteiger partial charge in [0.1, 0.15) is 16.4 Å². The minimum absolute atomic E-state index is 0.488. The Labute approximate surface area is 110 Å². The van der Waals surface area contributed by atoms with E-state index in [1.165, 1.54) is 0 Å². The number of aliphatic hydroxyl groups is 1. The molecule has 0 aliphatic rings. The molecule has 0 fully saturated rings. The fourth-order valence-electron chi connectivity index (χ4n) is 1.67. The number of halogens is 1. The van der Waals surface area contributed by atoms with Crippen molar-refractivity contribution in [3.05, 3.63) is 28.3 Å². The molecule has 0 radical (unpaired) electrons. The summed E-state index contributed by atoms with van der Waals surface area (Å²) in [6.07, 6.45) is 1.71. The lowest BCUT2D eigenvalue weighted by atomic mass is 10.1. The predicted molar refractivity (Wildman–Crippen MR) is 67.3 cm³/mol. The molecule has 0 aliphatic carbocycles. The summed E-state index contributed by atoms with van der Waals surface area (Å²) in [5, 5.41) is 22.6. The molecule has 0 saturated heterocycles. The first kappa shape index (κ1) is 13.0. The molecule has 0 spiro atoms. The van der Waals surface area contributed by atoms with E-state index in [-0.39, 0.29) is 0 Å². The Morgan fingerprint density at radius 3 is 2.56 bits per heavy atom. The molecular formula is C11H16ClN5O. The second kappa shape index (κ2) is 4.37. The van der Waals surface area contributed by atoms with Crippen molar-refractivity contribution >= 4 is 11.6 Å². The van der Waals surface area contributed by atoms with Gasteiger partial charge in [-0.3, -0.25) is 4.68 Å². The summed E-state index contributed by atoms with van der Waals surface area (Å²) >= 11 is 6.15. The van der Waals surface area contributed by atoms with Crippen LogP contribution in [0.25, 0.3) is 0 Å². The lowest BCUT2D eigenvalue weighted by molar-refractivity contribution is 0.0737. The summed E-state index contributed by atoms with van der Waals surface area (Å²) in [6.45, 7) is 5.73. The summed E-state index contributed by atoms with van der Waals surface area (Å²) in [6, 6.07) is 0. The summed E-state index contributed by atoms with van der Waals surface area (Å²) in [5.74, 6) is 0. The Kier molecular flexibility index (Phi) is 3.16. The molecule has 7 heteroatoms. The van der Waals surface area contributed by atoms with Gasteiger partial charge in [0, 0.05) is 12.6 Å². The van der Waals surface area contributed by atoms with Crippen molar-refractivity contribution in [1.29, 1.82) is 0 Å². The molecule has 0 atom stereocenters.